The summed E-state index contributed by atoms with van der Waals surface area (Å²) in [5.41, 5.74) is 3.81. The quantitative estimate of drug-likeness (QED) is 0.125. The van der Waals surface area contributed by atoms with Crippen LogP contribution in [-0.2, 0) is 17.8 Å². The number of hydrogen-bond acceptors (Lipinski definition) is 5. The minimum Gasteiger partial charge on any atom is -0.493 e. The number of amides is 2. The Morgan fingerprint density at radius 1 is 0.895 bits per heavy atom. The molecule has 3 aromatic carbocycles. The third kappa shape index (κ3) is 7.57. The molecule has 4 rings (SSSR count). The molecule has 196 valence electrons. The SMILES string of the molecule is [2H]C([2H])(c1ccccc1OCCCCCC(=O)NO)N(Cc1ccccc1)C(=O)c1ccc(-c2ccco2)cc1. The summed E-state index contributed by atoms with van der Waals surface area (Å²) in [4.78, 5) is 26.3. The van der Waals surface area contributed by atoms with Gasteiger partial charge in [0.2, 0.25) is 5.91 Å². The minimum atomic E-state index is -2.21. The zero-order valence-corrected chi connectivity index (χ0v) is 21.0. The molecule has 0 bridgehead atoms. The molecule has 0 aliphatic carbocycles. The van der Waals surface area contributed by atoms with Crippen molar-refractivity contribution in [2.24, 2.45) is 0 Å². The number of furan rings is 1. The normalized spacial score (nSPS) is 11.8. The van der Waals surface area contributed by atoms with E-state index in [2.05, 4.69) is 0 Å². The summed E-state index contributed by atoms with van der Waals surface area (Å²) in [7, 11) is 0. The number of rotatable bonds is 13. The zero-order valence-electron chi connectivity index (χ0n) is 23.0. The van der Waals surface area contributed by atoms with Crippen molar-refractivity contribution in [3.63, 3.8) is 0 Å². The first-order valence-corrected chi connectivity index (χ1v) is 12.5. The van der Waals surface area contributed by atoms with E-state index in [1.54, 1.807) is 66.3 Å². The van der Waals surface area contributed by atoms with Gasteiger partial charge in [0.05, 0.1) is 15.6 Å². The fourth-order valence-electron chi connectivity index (χ4n) is 3.94. The lowest BCUT2D eigenvalue weighted by Crippen LogP contribution is -2.30. The molecule has 1 heterocycles. The number of benzene rings is 3. The second-order valence-corrected chi connectivity index (χ2v) is 8.73. The van der Waals surface area contributed by atoms with Crippen LogP contribution in [-0.4, -0.2) is 28.5 Å². The van der Waals surface area contributed by atoms with Crippen LogP contribution < -0.4 is 10.2 Å². The molecule has 2 amide bonds. The largest absolute Gasteiger partial charge is 0.493 e. The molecule has 0 aliphatic rings. The Kier molecular flexibility index (Phi) is 8.72. The topological polar surface area (TPSA) is 92.0 Å². The van der Waals surface area contributed by atoms with Crippen LogP contribution in [0.15, 0.2) is 102 Å². The van der Waals surface area contributed by atoms with Crippen molar-refractivity contribution in [3.8, 4) is 17.1 Å². The maximum atomic E-state index is 13.9. The molecule has 2 N–H and O–H groups in total. The summed E-state index contributed by atoms with van der Waals surface area (Å²) < 4.78 is 29.8. The summed E-state index contributed by atoms with van der Waals surface area (Å²) >= 11 is 0. The number of hydrogen-bond donors (Lipinski definition) is 2. The van der Waals surface area contributed by atoms with Gasteiger partial charge in [-0.1, -0.05) is 60.7 Å². The summed E-state index contributed by atoms with van der Waals surface area (Å²) in [5, 5.41) is 8.60. The first-order valence-electron chi connectivity index (χ1n) is 13.5. The second-order valence-electron chi connectivity index (χ2n) is 8.73. The molecule has 0 saturated carbocycles. The number of hydroxylamine groups is 1. The fraction of sp³-hybridized carbons (Fsp3) is 0.226. The van der Waals surface area contributed by atoms with Crippen LogP contribution in [0, 0.1) is 0 Å². The van der Waals surface area contributed by atoms with Crippen LogP contribution in [0.25, 0.3) is 11.3 Å². The molecular formula is C31H32N2O5. The molecule has 0 unspecified atom stereocenters. The predicted molar refractivity (Wildman–Crippen MR) is 144 cm³/mol. The van der Waals surface area contributed by atoms with Gasteiger partial charge in [-0.05, 0) is 55.2 Å². The van der Waals surface area contributed by atoms with Gasteiger partial charge in [-0.2, -0.15) is 0 Å². The third-order valence-corrected chi connectivity index (χ3v) is 5.94. The number of carbonyl (C=O) groups excluding carboxylic acids is 2. The standard InChI is InChI=1S/C31H32N2O5/c34-30(32-36)15-5-2-8-20-37-29-13-7-6-12-27(29)23-33(22-24-10-3-1-4-11-24)31(35)26-18-16-25(17-19-26)28-14-9-21-38-28/h1,3-4,6-7,9-14,16-19,21,36H,2,5,8,15,20,22-23H2,(H,32,34)/i23D2. The van der Waals surface area contributed by atoms with Crippen molar-refractivity contribution in [2.75, 3.05) is 6.61 Å². The van der Waals surface area contributed by atoms with Crippen molar-refractivity contribution in [2.45, 2.75) is 38.7 Å². The molecule has 0 aliphatic heterocycles. The number of ether oxygens (including phenoxy) is 1. The second kappa shape index (κ2) is 13.8. The van der Waals surface area contributed by atoms with Gasteiger partial charge >= 0.3 is 0 Å². The molecule has 1 aromatic heterocycles. The van der Waals surface area contributed by atoms with E-state index in [1.165, 1.54) is 4.90 Å². The van der Waals surface area contributed by atoms with E-state index in [9.17, 15) is 12.3 Å². The zero-order chi connectivity index (χ0) is 28.4. The average Bonchev–Trinajstić information content (AvgIpc) is 3.53. The van der Waals surface area contributed by atoms with Gasteiger partial charge in [0, 0.05) is 36.2 Å². The third-order valence-electron chi connectivity index (χ3n) is 5.94. The van der Waals surface area contributed by atoms with Crippen molar-refractivity contribution >= 4 is 11.8 Å². The van der Waals surface area contributed by atoms with E-state index in [-0.39, 0.29) is 18.5 Å². The Morgan fingerprint density at radius 2 is 1.66 bits per heavy atom. The van der Waals surface area contributed by atoms with Gasteiger partial charge in [0.25, 0.3) is 5.91 Å². The van der Waals surface area contributed by atoms with Crippen LogP contribution in [0.2, 0.25) is 0 Å². The van der Waals surface area contributed by atoms with Crippen molar-refractivity contribution in [1.29, 1.82) is 0 Å². The van der Waals surface area contributed by atoms with Gasteiger partial charge in [0.1, 0.15) is 11.5 Å². The maximum Gasteiger partial charge on any atom is 0.254 e. The monoisotopic (exact) mass is 514 g/mol. The molecule has 7 heteroatoms. The van der Waals surface area contributed by atoms with E-state index < -0.39 is 18.3 Å². The Morgan fingerprint density at radius 3 is 2.39 bits per heavy atom. The van der Waals surface area contributed by atoms with Crippen LogP contribution in [0.5, 0.6) is 5.75 Å². The van der Waals surface area contributed by atoms with Crippen molar-refractivity contribution in [3.05, 3.63) is 114 Å². The average molecular weight is 515 g/mol. The van der Waals surface area contributed by atoms with Gasteiger partial charge in [-0.3, -0.25) is 14.8 Å². The van der Waals surface area contributed by atoms with Crippen molar-refractivity contribution < 1.29 is 26.7 Å². The molecule has 0 atom stereocenters. The number of nitrogens with zero attached hydrogens (tertiary/aromatic N) is 1. The molecular weight excluding hydrogens is 480 g/mol. The molecule has 7 nitrogen and oxygen atoms in total. The van der Waals surface area contributed by atoms with Gasteiger partial charge in [-0.25, -0.2) is 5.48 Å². The molecule has 38 heavy (non-hydrogen) atoms. The van der Waals surface area contributed by atoms with E-state index in [1.807, 2.05) is 36.4 Å². The highest BCUT2D eigenvalue weighted by molar-refractivity contribution is 5.94. The Balaban J connectivity index is 1.56. The van der Waals surface area contributed by atoms with E-state index in [0.29, 0.717) is 42.9 Å². The summed E-state index contributed by atoms with van der Waals surface area (Å²) in [6.45, 7) is -1.84. The van der Waals surface area contributed by atoms with E-state index in [0.717, 1.165) is 11.1 Å². The fourth-order valence-corrected chi connectivity index (χ4v) is 3.94. The smallest absolute Gasteiger partial charge is 0.254 e. The molecule has 0 spiro atoms. The van der Waals surface area contributed by atoms with Crippen LogP contribution in [0.4, 0.5) is 0 Å². The summed E-state index contributed by atoms with van der Waals surface area (Å²) in [6, 6.07) is 26.6. The number of carbonyl (C=O) groups is 2. The molecule has 4 aromatic rings. The lowest BCUT2D eigenvalue weighted by Gasteiger charge is -2.24. The molecule has 0 fully saturated rings. The van der Waals surface area contributed by atoms with Crippen LogP contribution >= 0.6 is 0 Å². The molecule has 0 saturated heterocycles. The number of para-hydroxylation sites is 1. The van der Waals surface area contributed by atoms with E-state index in [4.69, 9.17) is 14.4 Å². The van der Waals surface area contributed by atoms with Gasteiger partial charge < -0.3 is 14.1 Å². The first-order chi connectivity index (χ1) is 19.4. The van der Waals surface area contributed by atoms with Gasteiger partial charge in [-0.15, -0.1) is 0 Å². The van der Waals surface area contributed by atoms with E-state index >= 15 is 0 Å². The Bertz CT molecular complexity index is 1380. The molecule has 0 radical (unpaired) electrons. The highest BCUT2D eigenvalue weighted by Crippen LogP contribution is 2.24. The number of nitrogens with one attached hydrogen (secondary N) is 1. The Hall–Kier alpha value is -4.36. The van der Waals surface area contributed by atoms with Crippen LogP contribution in [0.3, 0.4) is 0 Å². The summed E-state index contributed by atoms with van der Waals surface area (Å²) in [6.07, 6.45) is 3.74. The van der Waals surface area contributed by atoms with Crippen molar-refractivity contribution in [1.82, 2.24) is 10.4 Å². The highest BCUT2D eigenvalue weighted by atomic mass is 16.5. The predicted octanol–water partition coefficient (Wildman–Crippen LogP) is 6.23. The summed E-state index contributed by atoms with van der Waals surface area (Å²) in [5.74, 6) is 0.132. The maximum absolute atomic E-state index is 13.9. The minimum absolute atomic E-state index is 0.0495. The highest BCUT2D eigenvalue weighted by Gasteiger charge is 2.19. The lowest BCUT2D eigenvalue weighted by molar-refractivity contribution is -0.129. The van der Waals surface area contributed by atoms with Gasteiger partial charge in [0.15, 0.2) is 0 Å². The van der Waals surface area contributed by atoms with Crippen LogP contribution in [0.1, 0.15) is 49.9 Å². The Labute approximate surface area is 225 Å². The number of unbranched alkanes of at least 4 members (excludes halogenated alkanes) is 2. The lowest BCUT2D eigenvalue weighted by atomic mass is 10.1. The first kappa shape index (κ1) is 24.0.